The number of hydrogen-bond acceptors (Lipinski definition) is 3. The lowest BCUT2D eigenvalue weighted by Gasteiger charge is -2.16. The lowest BCUT2D eigenvalue weighted by Crippen LogP contribution is -2.39. The first-order chi connectivity index (χ1) is 12.1. The Bertz CT molecular complexity index is 700. The van der Waals surface area contributed by atoms with Crippen molar-refractivity contribution in [2.75, 3.05) is 20.2 Å². The van der Waals surface area contributed by atoms with Gasteiger partial charge >= 0.3 is 0 Å². The Balaban J connectivity index is 1.97. The Morgan fingerprint density at radius 1 is 1.24 bits per heavy atom. The van der Waals surface area contributed by atoms with Gasteiger partial charge in [-0.25, -0.2) is 9.98 Å². The highest BCUT2D eigenvalue weighted by Gasteiger charge is 2.07. The fraction of sp³-hybridized carbons (Fsp3) is 0.400. The SMILES string of the molecule is CCNC(=NCc1ccnc(OC)c1)NCC(C)c1cccc(C)c1. The Morgan fingerprint density at radius 3 is 2.80 bits per heavy atom. The van der Waals surface area contributed by atoms with Crippen LogP contribution in [-0.2, 0) is 6.54 Å². The number of benzene rings is 1. The molecule has 0 fully saturated rings. The molecule has 0 saturated heterocycles. The van der Waals surface area contributed by atoms with E-state index in [0.29, 0.717) is 18.3 Å². The number of aryl methyl sites for hydroxylation is 1. The molecular weight excluding hydrogens is 312 g/mol. The molecule has 0 radical (unpaired) electrons. The molecule has 0 bridgehead atoms. The summed E-state index contributed by atoms with van der Waals surface area (Å²) in [5, 5.41) is 6.72. The molecule has 0 amide bonds. The van der Waals surface area contributed by atoms with Crippen LogP contribution in [-0.4, -0.2) is 31.1 Å². The third-order valence-electron chi connectivity index (χ3n) is 3.96. The minimum absolute atomic E-state index is 0.407. The van der Waals surface area contributed by atoms with Gasteiger partial charge in [0.1, 0.15) is 0 Å². The van der Waals surface area contributed by atoms with Crippen molar-refractivity contribution in [1.82, 2.24) is 15.6 Å². The van der Waals surface area contributed by atoms with Crippen molar-refractivity contribution in [2.45, 2.75) is 33.2 Å². The molecule has 0 aliphatic carbocycles. The molecule has 1 atom stereocenters. The van der Waals surface area contributed by atoms with E-state index in [1.165, 1.54) is 11.1 Å². The van der Waals surface area contributed by atoms with Gasteiger partial charge in [0.2, 0.25) is 5.88 Å². The summed E-state index contributed by atoms with van der Waals surface area (Å²) in [5.74, 6) is 1.83. The second-order valence-electron chi connectivity index (χ2n) is 6.10. The van der Waals surface area contributed by atoms with Crippen molar-refractivity contribution in [3.05, 3.63) is 59.3 Å². The van der Waals surface area contributed by atoms with Gasteiger partial charge < -0.3 is 15.4 Å². The Labute approximate surface area is 150 Å². The molecule has 5 heteroatoms. The van der Waals surface area contributed by atoms with Crippen molar-refractivity contribution in [2.24, 2.45) is 4.99 Å². The van der Waals surface area contributed by atoms with E-state index in [2.05, 4.69) is 65.6 Å². The zero-order valence-electron chi connectivity index (χ0n) is 15.5. The van der Waals surface area contributed by atoms with Gasteiger partial charge in [-0.15, -0.1) is 0 Å². The molecule has 2 aromatic rings. The first-order valence-electron chi connectivity index (χ1n) is 8.70. The normalized spacial score (nSPS) is 12.6. The van der Waals surface area contributed by atoms with Gasteiger partial charge in [-0.05, 0) is 37.0 Å². The molecule has 134 valence electrons. The third kappa shape index (κ3) is 6.10. The van der Waals surface area contributed by atoms with Crippen LogP contribution in [0.25, 0.3) is 0 Å². The predicted octanol–water partition coefficient (Wildman–Crippen LogP) is 3.26. The number of nitrogens with one attached hydrogen (secondary N) is 2. The van der Waals surface area contributed by atoms with Gasteiger partial charge in [-0.2, -0.15) is 0 Å². The fourth-order valence-corrected chi connectivity index (χ4v) is 2.52. The Morgan fingerprint density at radius 2 is 2.08 bits per heavy atom. The van der Waals surface area contributed by atoms with Crippen LogP contribution in [0.4, 0.5) is 0 Å². The minimum Gasteiger partial charge on any atom is -0.481 e. The molecule has 1 aromatic carbocycles. The Kier molecular flexibility index (Phi) is 7.26. The zero-order valence-corrected chi connectivity index (χ0v) is 15.5. The van der Waals surface area contributed by atoms with Crippen LogP contribution in [0.3, 0.4) is 0 Å². The molecule has 2 rings (SSSR count). The zero-order chi connectivity index (χ0) is 18.1. The summed E-state index contributed by atoms with van der Waals surface area (Å²) in [5.41, 5.74) is 3.69. The molecule has 0 spiro atoms. The largest absolute Gasteiger partial charge is 0.481 e. The highest BCUT2D eigenvalue weighted by molar-refractivity contribution is 5.79. The van der Waals surface area contributed by atoms with Gasteiger partial charge in [0.05, 0.1) is 13.7 Å². The number of ether oxygens (including phenoxy) is 1. The van der Waals surface area contributed by atoms with E-state index in [4.69, 9.17) is 4.74 Å². The van der Waals surface area contributed by atoms with E-state index in [9.17, 15) is 0 Å². The maximum Gasteiger partial charge on any atom is 0.213 e. The van der Waals surface area contributed by atoms with Gasteiger partial charge in [-0.3, -0.25) is 0 Å². The van der Waals surface area contributed by atoms with Crippen LogP contribution >= 0.6 is 0 Å². The number of nitrogens with zero attached hydrogens (tertiary/aromatic N) is 2. The summed E-state index contributed by atoms with van der Waals surface area (Å²) < 4.78 is 5.16. The number of aromatic nitrogens is 1. The highest BCUT2D eigenvalue weighted by atomic mass is 16.5. The second-order valence-corrected chi connectivity index (χ2v) is 6.10. The van der Waals surface area contributed by atoms with Crippen molar-refractivity contribution in [1.29, 1.82) is 0 Å². The van der Waals surface area contributed by atoms with E-state index < -0.39 is 0 Å². The number of pyridine rings is 1. The molecule has 25 heavy (non-hydrogen) atoms. The predicted molar refractivity (Wildman–Crippen MR) is 103 cm³/mol. The van der Waals surface area contributed by atoms with E-state index in [-0.39, 0.29) is 0 Å². The molecule has 2 N–H and O–H groups in total. The number of rotatable bonds is 7. The monoisotopic (exact) mass is 340 g/mol. The van der Waals surface area contributed by atoms with Gasteiger partial charge in [0.15, 0.2) is 5.96 Å². The maximum absolute atomic E-state index is 5.16. The Hall–Kier alpha value is -2.56. The average molecular weight is 340 g/mol. The van der Waals surface area contributed by atoms with Crippen molar-refractivity contribution in [3.8, 4) is 5.88 Å². The van der Waals surface area contributed by atoms with Crippen LogP contribution in [0.1, 0.15) is 36.5 Å². The van der Waals surface area contributed by atoms with Crippen LogP contribution in [0.2, 0.25) is 0 Å². The van der Waals surface area contributed by atoms with Crippen LogP contribution < -0.4 is 15.4 Å². The van der Waals surface area contributed by atoms with Crippen LogP contribution in [0, 0.1) is 6.92 Å². The number of hydrogen-bond donors (Lipinski definition) is 2. The maximum atomic E-state index is 5.16. The molecular formula is C20H28N4O. The standard InChI is InChI=1S/C20H28N4O/c1-5-21-20(24-14-17-9-10-22-19(12-17)25-4)23-13-16(3)18-8-6-7-15(2)11-18/h6-12,16H,5,13-14H2,1-4H3,(H2,21,23,24). The fourth-order valence-electron chi connectivity index (χ4n) is 2.52. The van der Waals surface area contributed by atoms with Gasteiger partial charge in [0, 0.05) is 25.4 Å². The topological polar surface area (TPSA) is 58.5 Å². The smallest absolute Gasteiger partial charge is 0.213 e. The summed E-state index contributed by atoms with van der Waals surface area (Å²) in [6.45, 7) is 8.64. The van der Waals surface area contributed by atoms with E-state index >= 15 is 0 Å². The van der Waals surface area contributed by atoms with Crippen LogP contribution in [0.15, 0.2) is 47.6 Å². The average Bonchev–Trinajstić information content (AvgIpc) is 2.64. The van der Waals surface area contributed by atoms with E-state index in [1.54, 1.807) is 13.3 Å². The summed E-state index contributed by atoms with van der Waals surface area (Å²) >= 11 is 0. The first-order valence-corrected chi connectivity index (χ1v) is 8.70. The summed E-state index contributed by atoms with van der Waals surface area (Å²) in [4.78, 5) is 8.77. The van der Waals surface area contributed by atoms with E-state index in [1.807, 2.05) is 12.1 Å². The lowest BCUT2D eigenvalue weighted by atomic mass is 9.99. The number of methoxy groups -OCH3 is 1. The molecule has 1 heterocycles. The van der Waals surface area contributed by atoms with Gasteiger partial charge in [0.25, 0.3) is 0 Å². The molecule has 1 unspecified atom stereocenters. The minimum atomic E-state index is 0.407. The van der Waals surface area contributed by atoms with Crippen molar-refractivity contribution in [3.63, 3.8) is 0 Å². The number of aliphatic imine (C=N–C) groups is 1. The van der Waals surface area contributed by atoms with Crippen molar-refractivity contribution >= 4 is 5.96 Å². The number of guanidine groups is 1. The summed E-state index contributed by atoms with van der Waals surface area (Å²) in [6.07, 6.45) is 1.74. The van der Waals surface area contributed by atoms with Crippen molar-refractivity contribution < 1.29 is 4.74 Å². The molecule has 1 aromatic heterocycles. The molecule has 0 aliphatic rings. The quantitative estimate of drug-likeness (QED) is 0.600. The molecule has 0 saturated carbocycles. The van der Waals surface area contributed by atoms with E-state index in [0.717, 1.165) is 24.6 Å². The summed E-state index contributed by atoms with van der Waals surface area (Å²) in [7, 11) is 1.62. The van der Waals surface area contributed by atoms with Gasteiger partial charge in [-0.1, -0.05) is 36.8 Å². The summed E-state index contributed by atoms with van der Waals surface area (Å²) in [6, 6.07) is 12.5. The molecule has 5 nitrogen and oxygen atoms in total. The third-order valence-corrected chi connectivity index (χ3v) is 3.96. The molecule has 0 aliphatic heterocycles. The van der Waals surface area contributed by atoms with Crippen LogP contribution in [0.5, 0.6) is 5.88 Å². The lowest BCUT2D eigenvalue weighted by molar-refractivity contribution is 0.397. The highest BCUT2D eigenvalue weighted by Crippen LogP contribution is 2.15. The second kappa shape index (κ2) is 9.67. The first kappa shape index (κ1) is 18.8.